The van der Waals surface area contributed by atoms with E-state index >= 15 is 0 Å². The molecule has 2 N–H and O–H groups in total. The Balaban J connectivity index is 2.01. The second-order valence-corrected chi connectivity index (χ2v) is 8.58. The van der Waals surface area contributed by atoms with E-state index in [9.17, 15) is 28.4 Å². The van der Waals surface area contributed by atoms with Gasteiger partial charge in [-0.25, -0.2) is 12.7 Å². The monoisotopic (exact) mass is 395 g/mol. The summed E-state index contributed by atoms with van der Waals surface area (Å²) in [5.74, 6) is -1.41. The Bertz CT molecular complexity index is 1070. The highest BCUT2D eigenvalue weighted by atomic mass is 32.2. The first-order chi connectivity index (χ1) is 12.1. The van der Waals surface area contributed by atoms with Gasteiger partial charge in [0.25, 0.3) is 21.6 Å². The van der Waals surface area contributed by atoms with E-state index in [0.717, 1.165) is 18.4 Å². The Labute approximate surface area is 152 Å². The third kappa shape index (κ3) is 2.70. The summed E-state index contributed by atoms with van der Waals surface area (Å²) in [7, 11) is -2.75. The van der Waals surface area contributed by atoms with Crippen LogP contribution in [0.1, 0.15) is 11.1 Å². The number of nitro benzene ring substituents is 1. The number of fused-ring (bicyclic) bond motifs is 1. The van der Waals surface area contributed by atoms with Crippen LogP contribution in [0.5, 0.6) is 0 Å². The molecular formula is C15H13N3O6S2. The number of carbonyl (C=O) groups excluding carboxylic acids is 1. The number of hydrogen-bond acceptors (Lipinski definition) is 7. The zero-order valence-electron chi connectivity index (χ0n) is 13.6. The molecule has 1 aromatic carbocycles. The molecule has 0 fully saturated rings. The van der Waals surface area contributed by atoms with Crippen molar-refractivity contribution in [3.05, 3.63) is 56.8 Å². The largest absolute Gasteiger partial charge is 0.493 e. The van der Waals surface area contributed by atoms with Crippen LogP contribution in [0.25, 0.3) is 5.57 Å². The highest BCUT2D eigenvalue weighted by molar-refractivity contribution is 7.91. The number of hydrogen-bond donors (Lipinski definition) is 2. The number of sulfonamides is 1. The molecule has 1 amide bonds. The molecule has 0 bridgehead atoms. The van der Waals surface area contributed by atoms with E-state index in [1.165, 1.54) is 29.6 Å². The molecule has 0 saturated heterocycles. The van der Waals surface area contributed by atoms with Gasteiger partial charge in [-0.1, -0.05) is 0 Å². The molecule has 0 spiro atoms. The SMILES string of the molecule is Cc1cc([N+](=O)[O-])ccc1NC(=O)C1=C(O)N(C)S(=O)(=O)c2sccc21. The first-order valence-corrected chi connectivity index (χ1v) is 9.53. The zero-order chi connectivity index (χ0) is 19.2. The van der Waals surface area contributed by atoms with Gasteiger partial charge in [0.05, 0.1) is 4.92 Å². The van der Waals surface area contributed by atoms with Gasteiger partial charge in [-0.3, -0.25) is 14.9 Å². The number of carbonyl (C=O) groups is 1. The molecule has 0 aliphatic carbocycles. The second-order valence-electron chi connectivity index (χ2n) is 5.50. The van der Waals surface area contributed by atoms with Gasteiger partial charge in [-0.2, -0.15) is 0 Å². The van der Waals surface area contributed by atoms with Crippen LogP contribution >= 0.6 is 11.3 Å². The summed E-state index contributed by atoms with van der Waals surface area (Å²) in [4.78, 5) is 22.9. The number of nitrogens with zero attached hydrogens (tertiary/aromatic N) is 2. The molecule has 0 atom stereocenters. The molecule has 1 aliphatic heterocycles. The van der Waals surface area contributed by atoms with Crippen LogP contribution in [0.3, 0.4) is 0 Å². The fraction of sp³-hybridized carbons (Fsp3) is 0.133. The van der Waals surface area contributed by atoms with E-state index in [1.807, 2.05) is 0 Å². The van der Waals surface area contributed by atoms with Gasteiger partial charge in [0.2, 0.25) is 5.88 Å². The first-order valence-electron chi connectivity index (χ1n) is 7.21. The standard InChI is InChI=1S/C15H13N3O6S2/c1-8-7-9(18(21)22)3-4-11(8)16-13(19)12-10-5-6-25-15(10)26(23,24)17(2)14(12)20/h3-7,20H,1-2H3,(H,16,19). The van der Waals surface area contributed by atoms with E-state index in [-0.39, 0.29) is 21.0 Å². The van der Waals surface area contributed by atoms with Gasteiger partial charge in [-0.15, -0.1) is 11.3 Å². The maximum absolute atomic E-state index is 12.7. The van der Waals surface area contributed by atoms with E-state index in [4.69, 9.17) is 0 Å². The van der Waals surface area contributed by atoms with Crippen LogP contribution in [0.4, 0.5) is 11.4 Å². The molecular weight excluding hydrogens is 382 g/mol. The van der Waals surface area contributed by atoms with Crippen molar-refractivity contribution >= 4 is 44.2 Å². The summed E-state index contributed by atoms with van der Waals surface area (Å²) in [6, 6.07) is 5.36. The topological polar surface area (TPSA) is 130 Å². The predicted molar refractivity (Wildman–Crippen MR) is 95.3 cm³/mol. The molecule has 2 heterocycles. The Hall–Kier alpha value is -2.92. The van der Waals surface area contributed by atoms with Crippen LogP contribution in [0.15, 0.2) is 39.7 Å². The Kier molecular flexibility index (Phi) is 4.20. The minimum atomic E-state index is -3.90. The van der Waals surface area contributed by atoms with Gasteiger partial charge in [0, 0.05) is 30.4 Å². The number of nitro groups is 1. The molecule has 3 rings (SSSR count). The number of aliphatic hydroxyl groups excluding tert-OH is 1. The number of benzene rings is 1. The Morgan fingerprint density at radius 2 is 2.04 bits per heavy atom. The third-order valence-corrected chi connectivity index (χ3v) is 7.12. The quantitative estimate of drug-likeness (QED) is 0.606. The van der Waals surface area contributed by atoms with Crippen molar-refractivity contribution < 1.29 is 23.2 Å². The maximum atomic E-state index is 12.7. The molecule has 9 nitrogen and oxygen atoms in total. The van der Waals surface area contributed by atoms with Crippen molar-refractivity contribution in [3.63, 3.8) is 0 Å². The number of anilines is 1. The summed E-state index contributed by atoms with van der Waals surface area (Å²) in [5, 5.41) is 25.1. The maximum Gasteiger partial charge on any atom is 0.276 e. The lowest BCUT2D eigenvalue weighted by atomic mass is 10.1. The number of rotatable bonds is 3. The smallest absolute Gasteiger partial charge is 0.276 e. The lowest BCUT2D eigenvalue weighted by molar-refractivity contribution is -0.384. The number of amides is 1. The molecule has 0 radical (unpaired) electrons. The van der Waals surface area contributed by atoms with Crippen LogP contribution in [0.2, 0.25) is 0 Å². The number of nitrogens with one attached hydrogen (secondary N) is 1. The van der Waals surface area contributed by atoms with Crippen LogP contribution in [-0.2, 0) is 14.8 Å². The van der Waals surface area contributed by atoms with Crippen molar-refractivity contribution in [2.75, 3.05) is 12.4 Å². The van der Waals surface area contributed by atoms with Crippen LogP contribution in [-0.4, -0.2) is 35.7 Å². The number of non-ortho nitro benzene ring substituents is 1. The molecule has 136 valence electrons. The summed E-state index contributed by atoms with van der Waals surface area (Å²) >= 11 is 0.944. The summed E-state index contributed by atoms with van der Waals surface area (Å²) in [6.07, 6.45) is 0. The molecule has 2 aromatic rings. The molecule has 1 aliphatic rings. The first kappa shape index (κ1) is 17.9. The summed E-state index contributed by atoms with van der Waals surface area (Å²) < 4.78 is 25.2. The van der Waals surface area contributed by atoms with Crippen molar-refractivity contribution in [2.24, 2.45) is 0 Å². The predicted octanol–water partition coefficient (Wildman–Crippen LogP) is 2.46. The minimum absolute atomic E-state index is 0.0385. The second kappa shape index (κ2) is 6.11. The highest BCUT2D eigenvalue weighted by Crippen LogP contribution is 2.38. The minimum Gasteiger partial charge on any atom is -0.493 e. The fourth-order valence-corrected chi connectivity index (χ4v) is 5.14. The van der Waals surface area contributed by atoms with Gasteiger partial charge < -0.3 is 10.4 Å². The Morgan fingerprint density at radius 3 is 2.65 bits per heavy atom. The summed E-state index contributed by atoms with van der Waals surface area (Å²) in [5.41, 5.74) is 0.578. The number of thiophene rings is 1. The molecule has 26 heavy (non-hydrogen) atoms. The highest BCUT2D eigenvalue weighted by Gasteiger charge is 2.38. The number of aryl methyl sites for hydroxylation is 1. The van der Waals surface area contributed by atoms with Gasteiger partial charge >= 0.3 is 0 Å². The molecule has 11 heteroatoms. The van der Waals surface area contributed by atoms with E-state index < -0.39 is 26.7 Å². The zero-order valence-corrected chi connectivity index (χ0v) is 15.2. The van der Waals surface area contributed by atoms with E-state index in [1.54, 1.807) is 6.92 Å². The average molecular weight is 395 g/mol. The summed E-state index contributed by atoms with van der Waals surface area (Å²) in [6.45, 7) is 1.59. The van der Waals surface area contributed by atoms with E-state index in [2.05, 4.69) is 5.32 Å². The van der Waals surface area contributed by atoms with Gasteiger partial charge in [0.1, 0.15) is 9.78 Å². The van der Waals surface area contributed by atoms with Crippen LogP contribution in [0, 0.1) is 17.0 Å². The molecule has 1 aromatic heterocycles. The third-order valence-electron chi connectivity index (χ3n) is 3.91. The number of aliphatic hydroxyl groups is 1. The van der Waals surface area contributed by atoms with Gasteiger partial charge in [-0.05, 0) is 30.0 Å². The van der Waals surface area contributed by atoms with E-state index in [0.29, 0.717) is 15.6 Å². The fourth-order valence-electron chi connectivity index (χ4n) is 2.51. The van der Waals surface area contributed by atoms with Gasteiger partial charge in [0.15, 0.2) is 0 Å². The van der Waals surface area contributed by atoms with Crippen LogP contribution < -0.4 is 5.32 Å². The van der Waals surface area contributed by atoms with Crippen molar-refractivity contribution in [1.29, 1.82) is 0 Å². The lowest BCUT2D eigenvalue weighted by Gasteiger charge is -2.25. The van der Waals surface area contributed by atoms with Crippen molar-refractivity contribution in [1.82, 2.24) is 4.31 Å². The van der Waals surface area contributed by atoms with Crippen molar-refractivity contribution in [2.45, 2.75) is 11.1 Å². The normalized spacial score (nSPS) is 15.5. The van der Waals surface area contributed by atoms with Crippen molar-refractivity contribution in [3.8, 4) is 0 Å². The Morgan fingerprint density at radius 1 is 1.35 bits per heavy atom. The molecule has 0 unspecified atom stereocenters. The average Bonchev–Trinajstić information content (AvgIpc) is 3.05. The lowest BCUT2D eigenvalue weighted by Crippen LogP contribution is -2.33. The molecule has 0 saturated carbocycles.